The van der Waals surface area contributed by atoms with Crippen LogP contribution in [-0.4, -0.2) is 32.1 Å². The molecule has 0 saturated carbocycles. The molecule has 1 aliphatic rings. The molecule has 0 spiro atoms. The largest absolute Gasteiger partial charge is 0.495 e. The summed E-state index contributed by atoms with van der Waals surface area (Å²) in [7, 11) is 3.24. The van der Waals surface area contributed by atoms with Crippen LogP contribution in [0.4, 0.5) is 11.4 Å². The topological polar surface area (TPSA) is 59.6 Å². The molecule has 124 valence electrons. The molecule has 2 atom stereocenters. The molecule has 0 amide bonds. The van der Waals surface area contributed by atoms with Gasteiger partial charge in [0.15, 0.2) is 5.78 Å². The third kappa shape index (κ3) is 3.20. The van der Waals surface area contributed by atoms with Gasteiger partial charge in [0.05, 0.1) is 31.6 Å². The van der Waals surface area contributed by atoms with Crippen molar-refractivity contribution in [1.29, 1.82) is 0 Å². The number of benzene rings is 2. The first kappa shape index (κ1) is 15.9. The van der Waals surface area contributed by atoms with E-state index in [-0.39, 0.29) is 11.8 Å². The first-order valence-corrected chi connectivity index (χ1v) is 7.74. The SMILES string of the molecule is COc1ccccc1N[C@H]1C=CC(=O)[C@@H]1Nc1ccccc1OC. The van der Waals surface area contributed by atoms with Crippen molar-refractivity contribution in [1.82, 2.24) is 0 Å². The highest BCUT2D eigenvalue weighted by molar-refractivity contribution is 6.00. The number of para-hydroxylation sites is 4. The predicted molar refractivity (Wildman–Crippen MR) is 95.0 cm³/mol. The fourth-order valence-electron chi connectivity index (χ4n) is 2.76. The summed E-state index contributed by atoms with van der Waals surface area (Å²) in [6.07, 6.45) is 3.46. The van der Waals surface area contributed by atoms with Gasteiger partial charge in [-0.05, 0) is 30.3 Å². The highest BCUT2D eigenvalue weighted by Crippen LogP contribution is 2.29. The maximum absolute atomic E-state index is 12.3. The monoisotopic (exact) mass is 324 g/mol. The van der Waals surface area contributed by atoms with Crippen molar-refractivity contribution in [2.45, 2.75) is 12.1 Å². The van der Waals surface area contributed by atoms with E-state index in [2.05, 4.69) is 10.6 Å². The lowest BCUT2D eigenvalue weighted by atomic mass is 10.1. The summed E-state index contributed by atoms with van der Waals surface area (Å²) in [5.74, 6) is 1.46. The van der Waals surface area contributed by atoms with Gasteiger partial charge in [0.25, 0.3) is 0 Å². The fraction of sp³-hybridized carbons (Fsp3) is 0.211. The van der Waals surface area contributed by atoms with Crippen LogP contribution in [0, 0.1) is 0 Å². The Morgan fingerprint density at radius 1 is 0.833 bits per heavy atom. The van der Waals surface area contributed by atoms with Crippen molar-refractivity contribution in [3.8, 4) is 11.5 Å². The molecule has 0 heterocycles. The second kappa shape index (κ2) is 7.08. The standard InChI is InChI=1S/C19H20N2O3/c1-23-17-9-5-3-7-13(17)20-15-11-12-16(22)19(15)21-14-8-4-6-10-18(14)24-2/h3-12,15,19-21H,1-2H3/t15-,19+/m0/s1. The number of carbonyl (C=O) groups is 1. The van der Waals surface area contributed by atoms with Crippen LogP contribution >= 0.6 is 0 Å². The normalized spacial score (nSPS) is 19.2. The predicted octanol–water partition coefficient (Wildman–Crippen LogP) is 3.10. The third-order valence-electron chi connectivity index (χ3n) is 3.98. The van der Waals surface area contributed by atoms with Crippen molar-refractivity contribution in [2.24, 2.45) is 0 Å². The minimum Gasteiger partial charge on any atom is -0.495 e. The molecule has 2 N–H and O–H groups in total. The highest BCUT2D eigenvalue weighted by Gasteiger charge is 2.31. The van der Waals surface area contributed by atoms with E-state index in [1.807, 2.05) is 54.6 Å². The Kier molecular flexibility index (Phi) is 4.70. The molecule has 0 radical (unpaired) electrons. The van der Waals surface area contributed by atoms with Gasteiger partial charge in [-0.3, -0.25) is 4.79 Å². The first-order chi connectivity index (χ1) is 11.7. The van der Waals surface area contributed by atoms with Gasteiger partial charge in [-0.25, -0.2) is 0 Å². The third-order valence-corrected chi connectivity index (χ3v) is 3.98. The number of ether oxygens (including phenoxy) is 2. The van der Waals surface area contributed by atoms with E-state index in [4.69, 9.17) is 9.47 Å². The number of carbonyl (C=O) groups excluding carboxylic acids is 1. The van der Waals surface area contributed by atoms with E-state index in [0.717, 1.165) is 17.1 Å². The van der Waals surface area contributed by atoms with E-state index in [9.17, 15) is 4.79 Å². The Labute approximate surface area is 141 Å². The minimum absolute atomic E-state index is 0.0216. The molecule has 5 nitrogen and oxygen atoms in total. The van der Waals surface area contributed by atoms with Crippen LogP contribution in [0.3, 0.4) is 0 Å². The summed E-state index contributed by atoms with van der Waals surface area (Å²) in [6, 6.07) is 14.6. The van der Waals surface area contributed by atoms with Gasteiger partial charge in [0.2, 0.25) is 0 Å². The number of ketones is 1. The average Bonchev–Trinajstić information content (AvgIpc) is 2.96. The van der Waals surface area contributed by atoms with Crippen molar-refractivity contribution in [3.63, 3.8) is 0 Å². The number of anilines is 2. The minimum atomic E-state index is -0.411. The molecule has 0 aromatic heterocycles. The van der Waals surface area contributed by atoms with Gasteiger partial charge >= 0.3 is 0 Å². The second-order valence-corrected chi connectivity index (χ2v) is 5.45. The summed E-state index contributed by atoms with van der Waals surface area (Å²) >= 11 is 0. The van der Waals surface area contributed by atoms with E-state index in [0.29, 0.717) is 5.75 Å². The number of hydrogen-bond donors (Lipinski definition) is 2. The smallest absolute Gasteiger partial charge is 0.180 e. The molecule has 5 heteroatoms. The Morgan fingerprint density at radius 3 is 1.96 bits per heavy atom. The van der Waals surface area contributed by atoms with E-state index < -0.39 is 6.04 Å². The average molecular weight is 324 g/mol. The van der Waals surface area contributed by atoms with Crippen molar-refractivity contribution in [3.05, 3.63) is 60.7 Å². The lowest BCUT2D eigenvalue weighted by molar-refractivity contribution is -0.114. The molecule has 0 bridgehead atoms. The number of hydrogen-bond acceptors (Lipinski definition) is 5. The zero-order chi connectivity index (χ0) is 16.9. The van der Waals surface area contributed by atoms with Crippen molar-refractivity contribution < 1.29 is 14.3 Å². The summed E-state index contributed by atoms with van der Waals surface area (Å²) in [4.78, 5) is 12.3. The maximum Gasteiger partial charge on any atom is 0.180 e. The number of rotatable bonds is 6. The van der Waals surface area contributed by atoms with Crippen LogP contribution in [0.2, 0.25) is 0 Å². The van der Waals surface area contributed by atoms with Gasteiger partial charge in [-0.1, -0.05) is 30.3 Å². The lowest BCUT2D eigenvalue weighted by Crippen LogP contribution is -2.39. The van der Waals surface area contributed by atoms with Gasteiger partial charge in [0.1, 0.15) is 17.5 Å². The molecule has 1 aliphatic carbocycles. The molecule has 0 unspecified atom stereocenters. The number of nitrogens with one attached hydrogen (secondary N) is 2. The molecule has 0 aliphatic heterocycles. The Morgan fingerprint density at radius 2 is 1.38 bits per heavy atom. The summed E-state index contributed by atoms with van der Waals surface area (Å²) in [5.41, 5.74) is 1.63. The van der Waals surface area contributed by atoms with Crippen LogP contribution < -0.4 is 20.1 Å². The van der Waals surface area contributed by atoms with Crippen LogP contribution in [0.15, 0.2) is 60.7 Å². The Hall–Kier alpha value is -2.95. The summed E-state index contributed by atoms with van der Waals surface area (Å²) in [5, 5.41) is 6.64. The van der Waals surface area contributed by atoms with E-state index in [1.165, 1.54) is 0 Å². The molecule has 2 aromatic carbocycles. The zero-order valence-electron chi connectivity index (χ0n) is 13.7. The summed E-state index contributed by atoms with van der Waals surface area (Å²) < 4.78 is 10.7. The van der Waals surface area contributed by atoms with Crippen LogP contribution in [0.5, 0.6) is 11.5 Å². The Balaban J connectivity index is 1.80. The molecule has 0 fully saturated rings. The van der Waals surface area contributed by atoms with Crippen molar-refractivity contribution in [2.75, 3.05) is 24.9 Å². The maximum atomic E-state index is 12.3. The molecule has 24 heavy (non-hydrogen) atoms. The number of methoxy groups -OCH3 is 2. The van der Waals surface area contributed by atoms with Gasteiger partial charge in [-0.2, -0.15) is 0 Å². The molecular weight excluding hydrogens is 304 g/mol. The Bertz CT molecular complexity index is 758. The van der Waals surface area contributed by atoms with Gasteiger partial charge in [-0.15, -0.1) is 0 Å². The quantitative estimate of drug-likeness (QED) is 0.855. The van der Waals surface area contributed by atoms with Crippen molar-refractivity contribution >= 4 is 17.2 Å². The van der Waals surface area contributed by atoms with Crippen LogP contribution in [-0.2, 0) is 4.79 Å². The lowest BCUT2D eigenvalue weighted by Gasteiger charge is -2.24. The van der Waals surface area contributed by atoms with Gasteiger partial charge in [0, 0.05) is 0 Å². The fourth-order valence-corrected chi connectivity index (χ4v) is 2.76. The molecule has 3 rings (SSSR count). The van der Waals surface area contributed by atoms with Crippen LogP contribution in [0.25, 0.3) is 0 Å². The highest BCUT2D eigenvalue weighted by atomic mass is 16.5. The van der Waals surface area contributed by atoms with Gasteiger partial charge < -0.3 is 20.1 Å². The molecule has 0 saturated heterocycles. The van der Waals surface area contributed by atoms with E-state index >= 15 is 0 Å². The zero-order valence-corrected chi connectivity index (χ0v) is 13.7. The first-order valence-electron chi connectivity index (χ1n) is 7.74. The molecule has 2 aromatic rings. The second-order valence-electron chi connectivity index (χ2n) is 5.45. The van der Waals surface area contributed by atoms with Crippen LogP contribution in [0.1, 0.15) is 0 Å². The summed E-state index contributed by atoms with van der Waals surface area (Å²) in [6.45, 7) is 0. The van der Waals surface area contributed by atoms with E-state index in [1.54, 1.807) is 20.3 Å². The molecular formula is C19H20N2O3.